The Bertz CT molecular complexity index is 949. The third kappa shape index (κ3) is 5.78. The van der Waals surface area contributed by atoms with Crippen molar-refractivity contribution in [3.63, 3.8) is 0 Å². The Hall–Kier alpha value is -1.96. The summed E-state index contributed by atoms with van der Waals surface area (Å²) in [7, 11) is -3.53. The highest BCUT2D eigenvalue weighted by atomic mass is 35.5. The first-order valence-corrected chi connectivity index (χ1v) is 11.5. The fourth-order valence-corrected chi connectivity index (χ4v) is 5.19. The Labute approximate surface area is 175 Å². The molecule has 1 N–H and O–H groups in total. The third-order valence-electron chi connectivity index (χ3n) is 5.14. The zero-order valence-electron chi connectivity index (χ0n) is 16.1. The third-order valence-corrected chi connectivity index (χ3v) is 7.21. The lowest BCUT2D eigenvalue weighted by Gasteiger charge is -2.32. The van der Waals surface area contributed by atoms with Crippen molar-refractivity contribution in [1.82, 2.24) is 9.62 Å². The molecule has 3 rings (SSSR count). The number of amides is 1. The van der Waals surface area contributed by atoms with E-state index < -0.39 is 15.9 Å². The average molecular weight is 439 g/mol. The summed E-state index contributed by atoms with van der Waals surface area (Å²) in [5, 5.41) is 3.47. The maximum absolute atomic E-state index is 13.1. The summed E-state index contributed by atoms with van der Waals surface area (Å²) in [6.07, 6.45) is 1.26. The number of piperidine rings is 1. The molecule has 1 amide bonds. The van der Waals surface area contributed by atoms with Crippen molar-refractivity contribution < 1.29 is 17.6 Å². The van der Waals surface area contributed by atoms with E-state index in [2.05, 4.69) is 5.32 Å². The summed E-state index contributed by atoms with van der Waals surface area (Å²) in [5.74, 6) is -1.05. The van der Waals surface area contributed by atoms with Gasteiger partial charge in [-0.1, -0.05) is 35.9 Å². The van der Waals surface area contributed by atoms with Crippen molar-refractivity contribution in [2.24, 2.45) is 5.92 Å². The van der Waals surface area contributed by atoms with E-state index in [0.29, 0.717) is 30.0 Å². The van der Waals surface area contributed by atoms with Crippen LogP contribution >= 0.6 is 11.6 Å². The van der Waals surface area contributed by atoms with E-state index in [0.717, 1.165) is 5.56 Å². The molecule has 1 heterocycles. The highest BCUT2D eigenvalue weighted by Crippen LogP contribution is 2.23. The van der Waals surface area contributed by atoms with Gasteiger partial charge in [-0.25, -0.2) is 17.1 Å². The number of sulfonamides is 1. The van der Waals surface area contributed by atoms with Gasteiger partial charge in [0.25, 0.3) is 0 Å². The van der Waals surface area contributed by atoms with Gasteiger partial charge in [0.05, 0.1) is 17.7 Å². The minimum Gasteiger partial charge on any atom is -0.349 e. The molecule has 8 heteroatoms. The van der Waals surface area contributed by atoms with E-state index >= 15 is 0 Å². The van der Waals surface area contributed by atoms with Gasteiger partial charge in [0.1, 0.15) is 5.82 Å². The predicted molar refractivity (Wildman–Crippen MR) is 111 cm³/mol. The quantitative estimate of drug-likeness (QED) is 0.743. The molecule has 0 aromatic heterocycles. The Balaban J connectivity index is 1.62. The molecular weight excluding hydrogens is 415 g/mol. The van der Waals surface area contributed by atoms with Crippen LogP contribution in [0.2, 0.25) is 5.02 Å². The van der Waals surface area contributed by atoms with Gasteiger partial charge in [-0.15, -0.1) is 0 Å². The highest BCUT2D eigenvalue weighted by molar-refractivity contribution is 7.88. The molecule has 1 aliphatic rings. The number of hydrogen-bond donors (Lipinski definition) is 1. The van der Waals surface area contributed by atoms with Gasteiger partial charge in [0.2, 0.25) is 15.9 Å². The molecule has 0 aliphatic carbocycles. The van der Waals surface area contributed by atoms with Crippen molar-refractivity contribution in [1.29, 1.82) is 0 Å². The molecule has 2 aromatic carbocycles. The Morgan fingerprint density at radius 1 is 1.21 bits per heavy atom. The number of hydrogen-bond acceptors (Lipinski definition) is 3. The summed E-state index contributed by atoms with van der Waals surface area (Å²) in [6.45, 7) is 2.40. The van der Waals surface area contributed by atoms with Gasteiger partial charge in [0.15, 0.2) is 0 Å². The zero-order valence-corrected chi connectivity index (χ0v) is 17.7. The average Bonchev–Trinajstić information content (AvgIpc) is 2.70. The van der Waals surface area contributed by atoms with Crippen molar-refractivity contribution >= 4 is 27.5 Å². The number of nitrogens with zero attached hydrogens (tertiary/aromatic N) is 1. The minimum absolute atomic E-state index is 0.121. The van der Waals surface area contributed by atoms with Crippen LogP contribution in [0, 0.1) is 11.7 Å². The lowest BCUT2D eigenvalue weighted by molar-refractivity contribution is -0.126. The second-order valence-electron chi connectivity index (χ2n) is 7.36. The predicted octanol–water partition coefficient (Wildman–Crippen LogP) is 3.90. The minimum atomic E-state index is -3.53. The molecule has 156 valence electrons. The number of halogens is 2. The first kappa shape index (κ1) is 21.7. The second kappa shape index (κ2) is 9.24. The lowest BCUT2D eigenvalue weighted by atomic mass is 9.98. The monoisotopic (exact) mass is 438 g/mol. The molecular formula is C21H24ClFN2O3S. The molecule has 0 radical (unpaired) electrons. The number of nitrogens with one attached hydrogen (secondary N) is 1. The van der Waals surface area contributed by atoms with E-state index in [9.17, 15) is 17.6 Å². The highest BCUT2D eigenvalue weighted by Gasteiger charge is 2.32. The molecule has 2 atom stereocenters. The first-order valence-electron chi connectivity index (χ1n) is 9.53. The second-order valence-corrected chi connectivity index (χ2v) is 9.77. The number of carbonyl (C=O) groups is 1. The van der Waals surface area contributed by atoms with Crippen LogP contribution in [0.3, 0.4) is 0 Å². The molecule has 1 fully saturated rings. The molecule has 0 saturated carbocycles. The number of rotatable bonds is 6. The Morgan fingerprint density at radius 3 is 2.52 bits per heavy atom. The SMILES string of the molecule is C[C@@H](NC(=O)[C@@H]1CCCN(S(=O)(=O)Cc2ccc(Cl)cc2)C1)c1ccc(F)cc1. The van der Waals surface area contributed by atoms with Gasteiger partial charge in [-0.05, 0) is 55.2 Å². The number of benzene rings is 2. The van der Waals surface area contributed by atoms with Crippen molar-refractivity contribution in [2.45, 2.75) is 31.6 Å². The summed E-state index contributed by atoms with van der Waals surface area (Å²) >= 11 is 5.86. The van der Waals surface area contributed by atoms with Crippen LogP contribution in [0.5, 0.6) is 0 Å². The van der Waals surface area contributed by atoms with E-state index in [1.807, 2.05) is 6.92 Å². The molecule has 1 aliphatic heterocycles. The molecule has 29 heavy (non-hydrogen) atoms. The topological polar surface area (TPSA) is 66.5 Å². The van der Waals surface area contributed by atoms with Gasteiger partial charge in [-0.2, -0.15) is 0 Å². The van der Waals surface area contributed by atoms with E-state index in [4.69, 9.17) is 11.6 Å². The van der Waals surface area contributed by atoms with Crippen LogP contribution in [0.1, 0.15) is 36.9 Å². The van der Waals surface area contributed by atoms with Crippen LogP contribution in [-0.4, -0.2) is 31.7 Å². The fraction of sp³-hybridized carbons (Fsp3) is 0.381. The van der Waals surface area contributed by atoms with Crippen molar-refractivity contribution in [3.8, 4) is 0 Å². The van der Waals surface area contributed by atoms with Gasteiger partial charge in [0, 0.05) is 18.1 Å². The van der Waals surface area contributed by atoms with E-state index in [1.54, 1.807) is 36.4 Å². The van der Waals surface area contributed by atoms with Gasteiger partial charge < -0.3 is 5.32 Å². The van der Waals surface area contributed by atoms with E-state index in [-0.39, 0.29) is 30.1 Å². The first-order chi connectivity index (χ1) is 13.7. The molecule has 0 spiro atoms. The van der Waals surface area contributed by atoms with Crippen LogP contribution < -0.4 is 5.32 Å². The fourth-order valence-electron chi connectivity index (χ4n) is 3.46. The zero-order chi connectivity index (χ0) is 21.0. The summed E-state index contributed by atoms with van der Waals surface area (Å²) < 4.78 is 40.1. The lowest BCUT2D eigenvalue weighted by Crippen LogP contribution is -2.46. The molecule has 0 bridgehead atoms. The van der Waals surface area contributed by atoms with Crippen LogP contribution in [0.15, 0.2) is 48.5 Å². The summed E-state index contributed by atoms with van der Waals surface area (Å²) in [5.41, 5.74) is 1.45. The van der Waals surface area contributed by atoms with Crippen LogP contribution in [0.4, 0.5) is 4.39 Å². The Morgan fingerprint density at radius 2 is 1.86 bits per heavy atom. The molecule has 1 saturated heterocycles. The number of carbonyl (C=O) groups excluding carboxylic acids is 1. The maximum atomic E-state index is 13.1. The van der Waals surface area contributed by atoms with Gasteiger partial charge in [-0.3, -0.25) is 4.79 Å². The Kier molecular flexibility index (Phi) is 6.93. The maximum Gasteiger partial charge on any atom is 0.224 e. The molecule has 2 aromatic rings. The smallest absolute Gasteiger partial charge is 0.224 e. The summed E-state index contributed by atoms with van der Waals surface area (Å²) in [6, 6.07) is 12.4. The van der Waals surface area contributed by atoms with Crippen molar-refractivity contribution in [3.05, 3.63) is 70.5 Å². The van der Waals surface area contributed by atoms with Crippen molar-refractivity contribution in [2.75, 3.05) is 13.1 Å². The molecule has 5 nitrogen and oxygen atoms in total. The molecule has 0 unspecified atom stereocenters. The standard InChI is InChI=1S/C21H24ClFN2O3S/c1-15(17-6-10-20(23)11-7-17)24-21(26)18-3-2-12-25(13-18)29(27,28)14-16-4-8-19(22)9-5-16/h4-11,15,18H,2-3,12-14H2,1H3,(H,24,26)/t15-,18-/m1/s1. The largest absolute Gasteiger partial charge is 0.349 e. The van der Waals surface area contributed by atoms with Crippen LogP contribution in [0.25, 0.3) is 0 Å². The normalized spacial score (nSPS) is 18.9. The van der Waals surface area contributed by atoms with Crippen LogP contribution in [-0.2, 0) is 20.6 Å². The summed E-state index contributed by atoms with van der Waals surface area (Å²) in [4.78, 5) is 12.7. The van der Waals surface area contributed by atoms with Gasteiger partial charge >= 0.3 is 0 Å². The van der Waals surface area contributed by atoms with E-state index in [1.165, 1.54) is 16.4 Å².